The van der Waals surface area contributed by atoms with Gasteiger partial charge < -0.3 is 10.5 Å². The second-order valence-corrected chi connectivity index (χ2v) is 4.53. The molecule has 0 atom stereocenters. The zero-order valence-electron chi connectivity index (χ0n) is 9.64. The molecular formula is C12H17FN2S. The Balaban J connectivity index is 2.87. The van der Waals surface area contributed by atoms with Crippen LogP contribution in [0.15, 0.2) is 18.7 Å². The first-order valence-corrected chi connectivity index (χ1v) is 6.17. The largest absolute Gasteiger partial charge is 0.399 e. The maximum absolute atomic E-state index is 13.7. The minimum absolute atomic E-state index is 0.266. The highest BCUT2D eigenvalue weighted by atomic mass is 32.2. The molecule has 88 valence electrons. The van der Waals surface area contributed by atoms with Crippen molar-refractivity contribution in [1.82, 2.24) is 0 Å². The lowest BCUT2D eigenvalue weighted by Crippen LogP contribution is -2.02. The minimum Gasteiger partial charge on any atom is -0.399 e. The number of nitrogens with two attached hydrogens (primary N) is 1. The molecule has 4 heteroatoms. The van der Waals surface area contributed by atoms with Gasteiger partial charge in [-0.05, 0) is 31.0 Å². The quantitative estimate of drug-likeness (QED) is 0.610. The Labute approximate surface area is 100 Å². The highest BCUT2D eigenvalue weighted by Crippen LogP contribution is 2.24. The maximum atomic E-state index is 13.7. The van der Waals surface area contributed by atoms with Crippen molar-refractivity contribution in [3.05, 3.63) is 35.7 Å². The van der Waals surface area contributed by atoms with E-state index in [2.05, 4.69) is 18.2 Å². The number of aryl methyl sites for hydroxylation is 1. The topological polar surface area (TPSA) is 38.0 Å². The number of rotatable bonds is 5. The van der Waals surface area contributed by atoms with Crippen LogP contribution in [-0.4, -0.2) is 5.75 Å². The SMILES string of the molecule is C=C(N)c1c(C)cc(NSCCC)cc1F. The van der Waals surface area contributed by atoms with Gasteiger partial charge in [-0.25, -0.2) is 4.39 Å². The zero-order valence-corrected chi connectivity index (χ0v) is 10.5. The Kier molecular flexibility index (Phi) is 4.68. The molecule has 1 rings (SSSR count). The molecule has 3 N–H and O–H groups in total. The number of anilines is 1. The highest BCUT2D eigenvalue weighted by Gasteiger charge is 2.09. The molecule has 0 aliphatic rings. The fourth-order valence-corrected chi connectivity index (χ4v) is 2.04. The Morgan fingerprint density at radius 1 is 1.56 bits per heavy atom. The molecule has 0 aromatic heterocycles. The van der Waals surface area contributed by atoms with Gasteiger partial charge in [0, 0.05) is 22.7 Å². The molecule has 1 aromatic rings. The van der Waals surface area contributed by atoms with Crippen LogP contribution in [0.4, 0.5) is 10.1 Å². The summed E-state index contributed by atoms with van der Waals surface area (Å²) < 4.78 is 16.8. The van der Waals surface area contributed by atoms with Gasteiger partial charge in [-0.2, -0.15) is 0 Å². The van der Waals surface area contributed by atoms with E-state index in [4.69, 9.17) is 5.73 Å². The lowest BCUT2D eigenvalue weighted by Gasteiger charge is -2.11. The predicted octanol–water partition coefficient (Wildman–Crippen LogP) is 3.53. The van der Waals surface area contributed by atoms with E-state index in [1.807, 2.05) is 13.0 Å². The Morgan fingerprint density at radius 2 is 2.25 bits per heavy atom. The molecule has 1 aromatic carbocycles. The molecule has 0 bridgehead atoms. The third-order valence-electron chi connectivity index (χ3n) is 2.10. The molecule has 0 amide bonds. The van der Waals surface area contributed by atoms with Gasteiger partial charge in [-0.1, -0.05) is 25.5 Å². The Morgan fingerprint density at radius 3 is 2.75 bits per heavy atom. The number of nitrogens with one attached hydrogen (secondary N) is 1. The molecule has 2 nitrogen and oxygen atoms in total. The lowest BCUT2D eigenvalue weighted by molar-refractivity contribution is 0.623. The molecular weight excluding hydrogens is 223 g/mol. The number of hydrogen-bond donors (Lipinski definition) is 2. The zero-order chi connectivity index (χ0) is 12.1. The van der Waals surface area contributed by atoms with E-state index in [0.717, 1.165) is 23.4 Å². The van der Waals surface area contributed by atoms with Crippen LogP contribution in [0.2, 0.25) is 0 Å². The Bertz CT molecular complexity index is 368. The first-order chi connectivity index (χ1) is 7.56. The van der Waals surface area contributed by atoms with Gasteiger partial charge in [0.1, 0.15) is 5.82 Å². The first-order valence-electron chi connectivity index (χ1n) is 5.19. The summed E-state index contributed by atoms with van der Waals surface area (Å²) in [4.78, 5) is 0. The van der Waals surface area contributed by atoms with E-state index < -0.39 is 0 Å². The van der Waals surface area contributed by atoms with E-state index in [9.17, 15) is 4.39 Å². The van der Waals surface area contributed by atoms with Crippen LogP contribution in [-0.2, 0) is 0 Å². The average Bonchev–Trinajstić information content (AvgIpc) is 2.16. The summed E-state index contributed by atoms with van der Waals surface area (Å²) in [6, 6.07) is 3.32. The van der Waals surface area contributed by atoms with Gasteiger partial charge in [0.15, 0.2) is 0 Å². The van der Waals surface area contributed by atoms with Crippen molar-refractivity contribution < 1.29 is 4.39 Å². The van der Waals surface area contributed by atoms with Crippen LogP contribution in [0.25, 0.3) is 5.70 Å². The molecule has 16 heavy (non-hydrogen) atoms. The van der Waals surface area contributed by atoms with Crippen LogP contribution in [0.5, 0.6) is 0 Å². The normalized spacial score (nSPS) is 10.2. The smallest absolute Gasteiger partial charge is 0.134 e. The van der Waals surface area contributed by atoms with Crippen LogP contribution in [0.1, 0.15) is 24.5 Å². The van der Waals surface area contributed by atoms with Crippen LogP contribution in [0.3, 0.4) is 0 Å². The number of hydrogen-bond acceptors (Lipinski definition) is 3. The second-order valence-electron chi connectivity index (χ2n) is 3.63. The third kappa shape index (κ3) is 3.17. The summed E-state index contributed by atoms with van der Waals surface area (Å²) in [5.74, 6) is 0.665. The standard InChI is InChI=1S/C12H17FN2S/c1-4-5-16-15-10-6-8(2)12(9(3)14)11(13)7-10/h6-7,15H,3-5,14H2,1-2H3. The second kappa shape index (κ2) is 5.80. The molecule has 0 spiro atoms. The van der Waals surface area contributed by atoms with Gasteiger partial charge in [-0.3, -0.25) is 0 Å². The lowest BCUT2D eigenvalue weighted by atomic mass is 10.1. The van der Waals surface area contributed by atoms with Crippen molar-refractivity contribution in [3.8, 4) is 0 Å². The summed E-state index contributed by atoms with van der Waals surface area (Å²) in [7, 11) is 0. The van der Waals surface area contributed by atoms with Crippen molar-refractivity contribution in [2.45, 2.75) is 20.3 Å². The van der Waals surface area contributed by atoms with E-state index >= 15 is 0 Å². The number of halogens is 1. The Hall–Kier alpha value is -1.16. The third-order valence-corrected chi connectivity index (χ3v) is 3.10. The van der Waals surface area contributed by atoms with Gasteiger partial charge >= 0.3 is 0 Å². The van der Waals surface area contributed by atoms with Crippen molar-refractivity contribution in [3.63, 3.8) is 0 Å². The molecule has 0 aliphatic carbocycles. The van der Waals surface area contributed by atoms with E-state index in [-0.39, 0.29) is 11.5 Å². The molecule has 0 fully saturated rings. The fourth-order valence-electron chi connectivity index (χ4n) is 1.45. The van der Waals surface area contributed by atoms with Gasteiger partial charge in [0.2, 0.25) is 0 Å². The molecule has 0 saturated heterocycles. The summed E-state index contributed by atoms with van der Waals surface area (Å²) >= 11 is 1.57. The number of benzene rings is 1. The molecule has 0 aliphatic heterocycles. The van der Waals surface area contributed by atoms with Crippen LogP contribution >= 0.6 is 11.9 Å². The predicted molar refractivity (Wildman–Crippen MR) is 70.7 cm³/mol. The maximum Gasteiger partial charge on any atom is 0.134 e. The summed E-state index contributed by atoms with van der Waals surface area (Å²) in [6.45, 7) is 7.49. The molecule has 0 unspecified atom stereocenters. The van der Waals surface area contributed by atoms with Crippen LogP contribution < -0.4 is 10.5 Å². The summed E-state index contributed by atoms with van der Waals surface area (Å²) in [5, 5.41) is 0. The summed E-state index contributed by atoms with van der Waals surface area (Å²) in [6.07, 6.45) is 1.08. The van der Waals surface area contributed by atoms with Crippen molar-refractivity contribution in [2.24, 2.45) is 5.73 Å². The molecule has 0 saturated carbocycles. The van der Waals surface area contributed by atoms with Crippen molar-refractivity contribution in [1.29, 1.82) is 0 Å². The first kappa shape index (κ1) is 12.9. The van der Waals surface area contributed by atoms with E-state index in [1.54, 1.807) is 11.9 Å². The fraction of sp³-hybridized carbons (Fsp3) is 0.333. The van der Waals surface area contributed by atoms with Crippen LogP contribution in [0, 0.1) is 12.7 Å². The van der Waals surface area contributed by atoms with Gasteiger partial charge in [-0.15, -0.1) is 0 Å². The van der Waals surface area contributed by atoms with Crippen molar-refractivity contribution in [2.75, 3.05) is 10.5 Å². The van der Waals surface area contributed by atoms with Gasteiger partial charge in [0.25, 0.3) is 0 Å². The minimum atomic E-state index is -0.327. The van der Waals surface area contributed by atoms with E-state index in [0.29, 0.717) is 5.56 Å². The van der Waals surface area contributed by atoms with E-state index in [1.165, 1.54) is 6.07 Å². The molecule has 0 radical (unpaired) electrons. The molecule has 0 heterocycles. The highest BCUT2D eigenvalue weighted by molar-refractivity contribution is 8.00. The average molecular weight is 240 g/mol. The summed E-state index contributed by atoms with van der Waals surface area (Å²) in [5.41, 5.74) is 7.76. The van der Waals surface area contributed by atoms with Crippen molar-refractivity contribution >= 4 is 23.3 Å². The van der Waals surface area contributed by atoms with Gasteiger partial charge in [0.05, 0.1) is 0 Å². The monoisotopic (exact) mass is 240 g/mol.